The van der Waals surface area contributed by atoms with Crippen LogP contribution in [-0.4, -0.2) is 29.5 Å². The number of aromatic nitrogens is 6. The van der Waals surface area contributed by atoms with E-state index in [1.807, 2.05) is 30.6 Å². The van der Waals surface area contributed by atoms with Crippen molar-refractivity contribution in [3.05, 3.63) is 71.8 Å². The molecule has 0 saturated carbocycles. The summed E-state index contributed by atoms with van der Waals surface area (Å²) in [5, 5.41) is 0.444. The molecule has 158 valence electrons. The van der Waals surface area contributed by atoms with E-state index in [1.165, 1.54) is 24.9 Å². The minimum Gasteiger partial charge on any atom is -0.343 e. The maximum Gasteiger partial charge on any atom is 0.132 e. The van der Waals surface area contributed by atoms with Crippen molar-refractivity contribution in [2.24, 2.45) is 0 Å². The zero-order chi connectivity index (χ0) is 21.7. The Bertz CT molecular complexity index is 1470. The van der Waals surface area contributed by atoms with Crippen molar-refractivity contribution in [1.29, 1.82) is 0 Å². The monoisotopic (exact) mass is 444 g/mol. The molecule has 4 aromatic heterocycles. The van der Waals surface area contributed by atoms with Crippen LogP contribution in [0.3, 0.4) is 0 Å². The summed E-state index contributed by atoms with van der Waals surface area (Å²) in [6, 6.07) is 10.2. The van der Waals surface area contributed by atoms with Crippen LogP contribution >= 0.6 is 11.6 Å². The number of imidazole rings is 2. The third-order valence-corrected chi connectivity index (χ3v) is 6.12. The van der Waals surface area contributed by atoms with E-state index in [1.54, 1.807) is 6.07 Å². The molecule has 0 bridgehead atoms. The molecule has 0 unspecified atom stereocenters. The van der Waals surface area contributed by atoms with Gasteiger partial charge in [-0.1, -0.05) is 11.6 Å². The summed E-state index contributed by atoms with van der Waals surface area (Å²) in [5.41, 5.74) is 5.64. The van der Waals surface area contributed by atoms with Gasteiger partial charge in [-0.3, -0.25) is 4.98 Å². The number of rotatable bonds is 3. The van der Waals surface area contributed by atoms with Crippen molar-refractivity contribution < 1.29 is 4.39 Å². The van der Waals surface area contributed by atoms with Crippen LogP contribution in [0.2, 0.25) is 5.02 Å². The summed E-state index contributed by atoms with van der Waals surface area (Å²) in [5.74, 6) is 0.733. The number of hydrogen-bond donors (Lipinski definition) is 1. The molecule has 8 heteroatoms. The molecule has 0 radical (unpaired) electrons. The standard InChI is InChI=1S/C24H18ClFN6/c25-15-4-5-17(26)16(10-15)23-24(30-13-29-23)19-7-6-18-20(31-19)9-14(11-27-18)21-12-28-22-3-1-2-8-32(21)22/h4-7,9-13H,1-3,8H2,(H,29,30). The highest BCUT2D eigenvalue weighted by Crippen LogP contribution is 2.33. The Labute approximate surface area is 188 Å². The van der Waals surface area contributed by atoms with Crippen molar-refractivity contribution >= 4 is 22.6 Å². The number of halogens is 2. The Balaban J connectivity index is 1.45. The lowest BCUT2D eigenvalue weighted by molar-refractivity contribution is 0.526. The number of H-pyrrole nitrogens is 1. The van der Waals surface area contributed by atoms with Gasteiger partial charge in [0.15, 0.2) is 0 Å². The number of nitrogens with zero attached hydrogens (tertiary/aromatic N) is 5. The van der Waals surface area contributed by atoms with Crippen molar-refractivity contribution in [2.75, 3.05) is 0 Å². The van der Waals surface area contributed by atoms with Crippen LogP contribution in [0.15, 0.2) is 55.1 Å². The van der Waals surface area contributed by atoms with Gasteiger partial charge in [-0.15, -0.1) is 0 Å². The van der Waals surface area contributed by atoms with Gasteiger partial charge in [0.25, 0.3) is 0 Å². The predicted molar refractivity (Wildman–Crippen MR) is 122 cm³/mol. The molecule has 0 fully saturated rings. The Hall–Kier alpha value is -3.58. The van der Waals surface area contributed by atoms with E-state index in [0.29, 0.717) is 27.7 Å². The predicted octanol–water partition coefficient (Wildman–Crippen LogP) is 5.68. The van der Waals surface area contributed by atoms with Crippen LogP contribution in [0, 0.1) is 5.82 Å². The summed E-state index contributed by atoms with van der Waals surface area (Å²) >= 11 is 6.09. The third kappa shape index (κ3) is 3.17. The van der Waals surface area contributed by atoms with Crippen LogP contribution in [0.25, 0.3) is 44.9 Å². The number of nitrogens with one attached hydrogen (secondary N) is 1. The second-order valence-electron chi connectivity index (χ2n) is 7.88. The quantitative estimate of drug-likeness (QED) is 0.388. The lowest BCUT2D eigenvalue weighted by Gasteiger charge is -2.16. The van der Waals surface area contributed by atoms with Crippen molar-refractivity contribution in [2.45, 2.75) is 25.8 Å². The Morgan fingerprint density at radius 1 is 0.969 bits per heavy atom. The van der Waals surface area contributed by atoms with Gasteiger partial charge in [-0.05, 0) is 49.2 Å². The van der Waals surface area contributed by atoms with Gasteiger partial charge in [0, 0.05) is 35.3 Å². The molecule has 0 atom stereocenters. The molecular formula is C24H18ClFN6. The topological polar surface area (TPSA) is 72.3 Å². The lowest BCUT2D eigenvalue weighted by atomic mass is 10.1. The molecule has 1 aliphatic rings. The maximum atomic E-state index is 14.5. The molecule has 5 aromatic rings. The average Bonchev–Trinajstić information content (AvgIpc) is 3.47. The van der Waals surface area contributed by atoms with Gasteiger partial charge in [0.05, 0.1) is 40.6 Å². The first-order chi connectivity index (χ1) is 15.7. The largest absolute Gasteiger partial charge is 0.343 e. The molecule has 0 aliphatic carbocycles. The summed E-state index contributed by atoms with van der Waals surface area (Å²) in [6.45, 7) is 0.971. The van der Waals surface area contributed by atoms with E-state index in [9.17, 15) is 4.39 Å². The minimum absolute atomic E-state index is 0.327. The van der Waals surface area contributed by atoms with Gasteiger partial charge in [0.2, 0.25) is 0 Å². The summed E-state index contributed by atoms with van der Waals surface area (Å²) in [7, 11) is 0. The summed E-state index contributed by atoms with van der Waals surface area (Å²) < 4.78 is 16.7. The van der Waals surface area contributed by atoms with E-state index in [-0.39, 0.29) is 0 Å². The van der Waals surface area contributed by atoms with Crippen LogP contribution in [0.5, 0.6) is 0 Å². The SMILES string of the molecule is Fc1ccc(Cl)cc1-c1nc[nH]c1-c1ccc2ncc(-c3cnc4n3CCCC4)cc2n1. The van der Waals surface area contributed by atoms with E-state index < -0.39 is 5.82 Å². The normalized spacial score (nSPS) is 13.4. The van der Waals surface area contributed by atoms with Gasteiger partial charge in [0.1, 0.15) is 17.3 Å². The maximum absolute atomic E-state index is 14.5. The number of hydrogen-bond acceptors (Lipinski definition) is 4. The van der Waals surface area contributed by atoms with Crippen molar-refractivity contribution in [3.8, 4) is 33.9 Å². The first-order valence-corrected chi connectivity index (χ1v) is 10.9. The smallest absolute Gasteiger partial charge is 0.132 e. The molecule has 5 heterocycles. The molecule has 32 heavy (non-hydrogen) atoms. The molecule has 1 aliphatic heterocycles. The van der Waals surface area contributed by atoms with Gasteiger partial charge in [-0.2, -0.15) is 0 Å². The highest BCUT2D eigenvalue weighted by Gasteiger charge is 2.18. The Morgan fingerprint density at radius 2 is 1.91 bits per heavy atom. The van der Waals surface area contributed by atoms with Crippen molar-refractivity contribution in [1.82, 2.24) is 29.5 Å². The average molecular weight is 445 g/mol. The molecular weight excluding hydrogens is 427 g/mol. The molecule has 1 aromatic carbocycles. The van der Waals surface area contributed by atoms with Crippen LogP contribution < -0.4 is 0 Å². The number of aromatic amines is 1. The molecule has 6 nitrogen and oxygen atoms in total. The first-order valence-electron chi connectivity index (χ1n) is 10.5. The van der Waals surface area contributed by atoms with Gasteiger partial charge < -0.3 is 9.55 Å². The second-order valence-corrected chi connectivity index (χ2v) is 8.31. The molecule has 0 amide bonds. The molecule has 6 rings (SSSR count). The zero-order valence-electron chi connectivity index (χ0n) is 17.0. The van der Waals surface area contributed by atoms with Crippen LogP contribution in [0.1, 0.15) is 18.7 Å². The fraction of sp³-hybridized carbons (Fsp3) is 0.167. The van der Waals surface area contributed by atoms with E-state index in [0.717, 1.165) is 47.5 Å². The third-order valence-electron chi connectivity index (χ3n) is 5.88. The number of pyridine rings is 2. The fourth-order valence-corrected chi connectivity index (χ4v) is 4.48. The first kappa shape index (κ1) is 19.1. The second kappa shape index (κ2) is 7.53. The number of aryl methyl sites for hydroxylation is 1. The molecule has 0 saturated heterocycles. The highest BCUT2D eigenvalue weighted by atomic mass is 35.5. The van der Waals surface area contributed by atoms with E-state index in [2.05, 4.69) is 24.5 Å². The van der Waals surface area contributed by atoms with E-state index in [4.69, 9.17) is 16.6 Å². The van der Waals surface area contributed by atoms with E-state index >= 15 is 0 Å². The van der Waals surface area contributed by atoms with Gasteiger partial charge in [-0.25, -0.2) is 19.3 Å². The molecule has 1 N–H and O–H groups in total. The van der Waals surface area contributed by atoms with Crippen molar-refractivity contribution in [3.63, 3.8) is 0 Å². The molecule has 0 spiro atoms. The lowest BCUT2D eigenvalue weighted by Crippen LogP contribution is -2.11. The summed E-state index contributed by atoms with van der Waals surface area (Å²) in [4.78, 5) is 21.4. The van der Waals surface area contributed by atoms with Gasteiger partial charge >= 0.3 is 0 Å². The highest BCUT2D eigenvalue weighted by molar-refractivity contribution is 6.30. The number of benzene rings is 1. The van der Waals surface area contributed by atoms with Crippen LogP contribution in [-0.2, 0) is 13.0 Å². The Morgan fingerprint density at radius 3 is 2.84 bits per heavy atom. The van der Waals surface area contributed by atoms with Crippen LogP contribution in [0.4, 0.5) is 4.39 Å². The fourth-order valence-electron chi connectivity index (χ4n) is 4.31. The zero-order valence-corrected chi connectivity index (χ0v) is 17.8. The Kier molecular flexibility index (Phi) is 4.50. The minimum atomic E-state index is -0.391. The number of fused-ring (bicyclic) bond motifs is 2. The summed E-state index contributed by atoms with van der Waals surface area (Å²) in [6.07, 6.45) is 8.66.